The van der Waals surface area contributed by atoms with E-state index in [4.69, 9.17) is 28.4 Å². The minimum atomic E-state index is -1.81. The summed E-state index contributed by atoms with van der Waals surface area (Å²) in [5.74, 6) is -0.485. The van der Waals surface area contributed by atoms with Crippen LogP contribution in [0.3, 0.4) is 0 Å². The monoisotopic (exact) mass is 929 g/mol. The first-order chi connectivity index (χ1) is 30.4. The average molecular weight is 929 g/mol. The van der Waals surface area contributed by atoms with Crippen LogP contribution < -0.4 is 0 Å². The number of ether oxygens (including phenoxy) is 6. The predicted molar refractivity (Wildman–Crippen MR) is 226 cm³/mol. The van der Waals surface area contributed by atoms with E-state index in [0.717, 1.165) is 38.5 Å². The maximum absolute atomic E-state index is 14.9. The third-order valence-electron chi connectivity index (χ3n) is 19.0. The van der Waals surface area contributed by atoms with Gasteiger partial charge in [0, 0.05) is 5.41 Å². The molecule has 7 fully saturated rings. The lowest BCUT2D eigenvalue weighted by Gasteiger charge is -2.71. The third kappa shape index (κ3) is 7.89. The quantitative estimate of drug-likeness (QED) is 0.0808. The molecule has 5 aliphatic carbocycles. The fraction of sp³-hybridized carbons (Fsp3) is 0.936. The van der Waals surface area contributed by atoms with E-state index < -0.39 is 122 Å². The van der Waals surface area contributed by atoms with Crippen LogP contribution in [0.25, 0.3) is 0 Å². The van der Waals surface area contributed by atoms with Crippen molar-refractivity contribution in [1.82, 2.24) is 0 Å². The lowest BCUT2D eigenvalue weighted by Crippen LogP contribution is -2.67. The molecule has 23 atom stereocenters. The second kappa shape index (κ2) is 17.8. The molecule has 0 aromatic heterocycles. The van der Waals surface area contributed by atoms with Crippen LogP contribution in [-0.2, 0) is 33.2 Å². The van der Waals surface area contributed by atoms with E-state index in [0.29, 0.717) is 25.7 Å². The van der Waals surface area contributed by atoms with Gasteiger partial charge in [-0.2, -0.15) is 0 Å². The summed E-state index contributed by atoms with van der Waals surface area (Å²) in [6.07, 6.45) is -12.5. The van der Waals surface area contributed by atoms with Gasteiger partial charge in [-0.3, -0.25) is 4.79 Å². The largest absolute Gasteiger partial charge is 0.432 e. The molecule has 11 N–H and O–H groups in total. The molecule has 3 aliphatic heterocycles. The fourth-order valence-corrected chi connectivity index (χ4v) is 14.7. The van der Waals surface area contributed by atoms with E-state index in [1.165, 1.54) is 5.57 Å². The van der Waals surface area contributed by atoms with Crippen molar-refractivity contribution in [3.05, 3.63) is 11.6 Å². The summed E-state index contributed by atoms with van der Waals surface area (Å²) in [5.41, 5.74) is -1.23. The number of carbonyl (C=O) groups is 1. The molecule has 18 heteroatoms. The van der Waals surface area contributed by atoms with Crippen LogP contribution >= 0.6 is 0 Å². The zero-order chi connectivity index (χ0) is 47.4. The second-order valence-corrected chi connectivity index (χ2v) is 22.9. The topological polar surface area (TPSA) is 295 Å². The summed E-state index contributed by atoms with van der Waals surface area (Å²) in [6, 6.07) is 0. The van der Waals surface area contributed by atoms with Crippen LogP contribution in [0, 0.1) is 50.2 Å². The molecule has 8 aliphatic rings. The summed E-state index contributed by atoms with van der Waals surface area (Å²) in [4.78, 5) is 14.9. The van der Waals surface area contributed by atoms with Crippen LogP contribution in [0.5, 0.6) is 0 Å². The minimum absolute atomic E-state index is 0.0557. The van der Waals surface area contributed by atoms with E-state index in [9.17, 15) is 61.0 Å². The van der Waals surface area contributed by atoms with Crippen LogP contribution in [0.1, 0.15) is 106 Å². The van der Waals surface area contributed by atoms with Gasteiger partial charge in [-0.05, 0) is 104 Å². The van der Waals surface area contributed by atoms with Gasteiger partial charge in [0.1, 0.15) is 67.1 Å². The normalized spacial score (nSPS) is 54.3. The molecular weight excluding hydrogens is 852 g/mol. The Morgan fingerprint density at radius 3 is 2.00 bits per heavy atom. The number of aliphatic hydroxyl groups is 11. The van der Waals surface area contributed by atoms with E-state index in [-0.39, 0.29) is 52.6 Å². The van der Waals surface area contributed by atoms with E-state index in [1.54, 1.807) is 0 Å². The lowest BCUT2D eigenvalue weighted by molar-refractivity contribution is -0.328. The number of carbonyl (C=O) groups excluding carboxylic acids is 1. The maximum Gasteiger partial charge on any atom is 0.315 e. The molecule has 65 heavy (non-hydrogen) atoms. The summed E-state index contributed by atoms with van der Waals surface area (Å²) in [5, 5.41) is 116. The zero-order valence-electron chi connectivity index (χ0n) is 38.6. The molecule has 8 rings (SSSR count). The molecule has 18 nitrogen and oxygen atoms in total. The summed E-state index contributed by atoms with van der Waals surface area (Å²) < 4.78 is 35.2. The highest BCUT2D eigenvalue weighted by atomic mass is 16.7. The lowest BCUT2D eigenvalue weighted by atomic mass is 9.33. The number of aliphatic hydroxyl groups excluding tert-OH is 11. The van der Waals surface area contributed by atoms with Gasteiger partial charge in [0.25, 0.3) is 0 Å². The van der Waals surface area contributed by atoms with Crippen molar-refractivity contribution in [3.8, 4) is 0 Å². The molecule has 0 radical (unpaired) electrons. The van der Waals surface area contributed by atoms with E-state index in [2.05, 4.69) is 47.6 Å². The molecule has 0 aromatic carbocycles. The third-order valence-corrected chi connectivity index (χ3v) is 19.0. The number of hydrogen-bond donors (Lipinski definition) is 11. The van der Waals surface area contributed by atoms with Crippen molar-refractivity contribution >= 4 is 5.97 Å². The summed E-state index contributed by atoms with van der Waals surface area (Å²) in [6.45, 7) is 12.1. The van der Waals surface area contributed by atoms with Gasteiger partial charge in [-0.25, -0.2) is 0 Å². The predicted octanol–water partition coefficient (Wildman–Crippen LogP) is -0.248. The van der Waals surface area contributed by atoms with Gasteiger partial charge in [0.2, 0.25) is 6.29 Å². The van der Waals surface area contributed by atoms with Gasteiger partial charge < -0.3 is 84.6 Å². The first-order valence-electron chi connectivity index (χ1n) is 23.9. The Balaban J connectivity index is 1.02. The van der Waals surface area contributed by atoms with Crippen molar-refractivity contribution in [2.24, 2.45) is 50.2 Å². The van der Waals surface area contributed by atoms with Gasteiger partial charge in [0.05, 0.1) is 37.9 Å². The van der Waals surface area contributed by atoms with Crippen LogP contribution in [-0.4, -0.2) is 181 Å². The SMILES string of the molecule is CC1(C)CCC2(C(=O)O[C@@H]3O[C@H](COC4O[C@H](CO)[C@@H](O)[C@H](O)[C@H]4O)[C@@H](O)[C@H](O)[C@H]3O)CC[C@]3(C)C(=CC[C@@H]4[C@@]5(C)CC[C@H](OC6OC[C@H](O)[C@H](O)[C@H]6O)[C@@](C)(CO)[C@@H]5CC[C@]43C)[C@@H]2C1. The molecule has 3 unspecified atom stereocenters. The number of fused-ring (bicyclic) bond motifs is 7. The van der Waals surface area contributed by atoms with Crippen LogP contribution in [0.15, 0.2) is 11.6 Å². The molecule has 3 saturated heterocycles. The molecule has 0 aromatic rings. The van der Waals surface area contributed by atoms with Crippen molar-refractivity contribution in [2.45, 2.75) is 198 Å². The first-order valence-corrected chi connectivity index (χ1v) is 23.9. The van der Waals surface area contributed by atoms with Crippen molar-refractivity contribution in [2.75, 3.05) is 26.4 Å². The molecule has 0 spiro atoms. The summed E-state index contributed by atoms with van der Waals surface area (Å²) in [7, 11) is 0. The Hall–Kier alpha value is -1.43. The standard InChI is InChI=1S/C47H76O18/c1-42(2)13-15-47(41(59)65-40-37(58)34(55)32(53)26(63-40)20-61-38-36(57)33(54)31(52)25(18-48)62-38)16-14-45(5)22(23(47)17-42)7-8-28-43(3)11-10-29(64-39-35(56)30(51)24(50)19-60-39)44(4,21-49)27(43)9-12-46(28,45)6/h7,23-40,48-58H,8-21H2,1-6H3/t23-,24-,25+,26+,27+,28+,29-,30-,31+,32+,33-,34-,35+,36+,37+,38?,39?,40-,43-,44-,45+,46+,47?/m0/s1. The Labute approximate surface area is 380 Å². The smallest absolute Gasteiger partial charge is 0.315 e. The van der Waals surface area contributed by atoms with Crippen molar-refractivity contribution in [1.29, 1.82) is 0 Å². The van der Waals surface area contributed by atoms with Gasteiger partial charge in [-0.1, -0.05) is 53.2 Å². The van der Waals surface area contributed by atoms with E-state index in [1.807, 2.05) is 0 Å². The first kappa shape index (κ1) is 50.0. The fourth-order valence-electron chi connectivity index (χ4n) is 14.7. The molecular formula is C47H76O18. The highest BCUT2D eigenvalue weighted by molar-refractivity contribution is 5.79. The Kier molecular flexibility index (Phi) is 13.7. The second-order valence-electron chi connectivity index (χ2n) is 22.9. The van der Waals surface area contributed by atoms with Gasteiger partial charge in [0.15, 0.2) is 12.6 Å². The number of allylic oxidation sites excluding steroid dienone is 2. The van der Waals surface area contributed by atoms with E-state index >= 15 is 0 Å². The maximum atomic E-state index is 14.9. The van der Waals surface area contributed by atoms with Crippen molar-refractivity contribution in [3.63, 3.8) is 0 Å². The highest BCUT2D eigenvalue weighted by Crippen LogP contribution is 2.76. The highest BCUT2D eigenvalue weighted by Gasteiger charge is 2.70. The Morgan fingerprint density at radius 2 is 1.32 bits per heavy atom. The molecule has 4 saturated carbocycles. The Bertz CT molecular complexity index is 1760. The number of hydrogen-bond acceptors (Lipinski definition) is 18. The minimum Gasteiger partial charge on any atom is -0.432 e. The number of rotatable bonds is 9. The summed E-state index contributed by atoms with van der Waals surface area (Å²) >= 11 is 0. The molecule has 0 bridgehead atoms. The molecule has 372 valence electrons. The van der Waals surface area contributed by atoms with Crippen LogP contribution in [0.2, 0.25) is 0 Å². The van der Waals surface area contributed by atoms with Gasteiger partial charge >= 0.3 is 5.97 Å². The Morgan fingerprint density at radius 1 is 0.692 bits per heavy atom. The van der Waals surface area contributed by atoms with Crippen LogP contribution in [0.4, 0.5) is 0 Å². The van der Waals surface area contributed by atoms with Crippen molar-refractivity contribution < 1.29 is 89.4 Å². The number of esters is 1. The molecule has 0 amide bonds. The molecule has 3 heterocycles. The van der Waals surface area contributed by atoms with Gasteiger partial charge in [-0.15, -0.1) is 0 Å². The zero-order valence-corrected chi connectivity index (χ0v) is 38.6. The average Bonchev–Trinajstić information content (AvgIpc) is 3.26.